The molecule has 0 atom stereocenters. The molecule has 0 aliphatic heterocycles. The number of hydrogen-bond donors (Lipinski definition) is 2. The summed E-state index contributed by atoms with van der Waals surface area (Å²) in [6, 6.07) is 6.79. The molecule has 0 radical (unpaired) electrons. The normalized spacial score (nSPS) is 32.1. The zero-order valence-electron chi connectivity index (χ0n) is 32.4. The monoisotopic (exact) mass is 715 g/mol. The summed E-state index contributed by atoms with van der Waals surface area (Å²) in [5.41, 5.74) is 3.89. The third kappa shape index (κ3) is 8.89. The van der Waals surface area contributed by atoms with E-state index in [1.807, 2.05) is 23.9 Å². The first-order valence-electron chi connectivity index (χ1n) is 21.2. The average molecular weight is 715 g/mol. The van der Waals surface area contributed by atoms with Crippen LogP contribution in [0.5, 0.6) is 0 Å². The molecule has 8 fully saturated rings. The number of benzene rings is 1. The number of hydrogen-bond acceptors (Lipinski definition) is 4. The van der Waals surface area contributed by atoms with Crippen LogP contribution in [0, 0.1) is 54.3 Å². The Morgan fingerprint density at radius 2 is 1.10 bits per heavy atom. The van der Waals surface area contributed by atoms with Gasteiger partial charge in [-0.05, 0) is 175 Å². The van der Waals surface area contributed by atoms with Crippen LogP contribution in [0.2, 0.25) is 0 Å². The third-order valence-electron chi connectivity index (χ3n) is 14.7. The Hall–Kier alpha value is -2.90. The van der Waals surface area contributed by atoms with Gasteiger partial charge in [0.05, 0.1) is 0 Å². The minimum Gasteiger partial charge on any atom is -0.356 e. The third-order valence-corrected chi connectivity index (χ3v) is 14.7. The molecule has 8 nitrogen and oxygen atoms in total. The fourth-order valence-electron chi connectivity index (χ4n) is 12.7. The molecular weight excluding hydrogens is 649 g/mol. The molecule has 2 N–H and O–H groups in total. The quantitative estimate of drug-likeness (QED) is 0.140. The highest BCUT2D eigenvalue weighted by molar-refractivity contribution is 5.97. The Balaban J connectivity index is 0.740. The van der Waals surface area contributed by atoms with Gasteiger partial charge in [-0.25, -0.2) is 0 Å². The largest absolute Gasteiger partial charge is 0.356 e. The summed E-state index contributed by atoms with van der Waals surface area (Å²) in [6.07, 6.45) is 19.8. The summed E-state index contributed by atoms with van der Waals surface area (Å²) in [4.78, 5) is 55.1. The summed E-state index contributed by atoms with van der Waals surface area (Å²) in [5, 5.41) is 5.99. The molecule has 0 unspecified atom stereocenters. The number of carbonyl (C=O) groups is 4. The summed E-state index contributed by atoms with van der Waals surface area (Å²) in [5.74, 6) is 6.02. The lowest BCUT2D eigenvalue weighted by atomic mass is 9.52. The molecule has 286 valence electrons. The number of unbranched alkanes of at least 4 members (excludes halogenated alkanes) is 2. The van der Waals surface area contributed by atoms with Crippen molar-refractivity contribution in [2.24, 2.45) is 47.3 Å². The second-order valence-electron chi connectivity index (χ2n) is 18.8. The molecule has 8 bridgehead atoms. The van der Waals surface area contributed by atoms with Gasteiger partial charge in [0.25, 0.3) is 0 Å². The lowest BCUT2D eigenvalue weighted by Gasteiger charge is -2.59. The highest BCUT2D eigenvalue weighted by atomic mass is 16.2. The van der Waals surface area contributed by atoms with Crippen molar-refractivity contribution in [2.75, 3.05) is 33.7 Å². The molecule has 8 aliphatic carbocycles. The van der Waals surface area contributed by atoms with Crippen molar-refractivity contribution in [3.8, 4) is 0 Å². The van der Waals surface area contributed by atoms with Crippen molar-refractivity contribution in [1.29, 1.82) is 0 Å². The predicted octanol–water partition coefficient (Wildman–Crippen LogP) is 6.61. The molecule has 0 aromatic heterocycles. The smallest absolute Gasteiger partial charge is 0.232 e. The number of aryl methyl sites for hydroxylation is 3. The fraction of sp³-hybridized carbons (Fsp3) is 0.773. The van der Waals surface area contributed by atoms with E-state index < -0.39 is 0 Å². The van der Waals surface area contributed by atoms with Crippen LogP contribution in [0.3, 0.4) is 0 Å². The Labute approximate surface area is 313 Å². The molecule has 1 aromatic carbocycles. The summed E-state index contributed by atoms with van der Waals surface area (Å²) >= 11 is 0. The van der Waals surface area contributed by atoms with Crippen molar-refractivity contribution in [2.45, 2.75) is 134 Å². The van der Waals surface area contributed by atoms with Crippen LogP contribution < -0.4 is 10.6 Å². The molecule has 9 rings (SSSR count). The van der Waals surface area contributed by atoms with E-state index in [-0.39, 0.29) is 42.0 Å². The molecule has 1 aromatic rings. The topological polar surface area (TPSA) is 98.8 Å². The molecule has 0 saturated heterocycles. The van der Waals surface area contributed by atoms with E-state index >= 15 is 0 Å². The van der Waals surface area contributed by atoms with Crippen molar-refractivity contribution in [3.05, 3.63) is 34.9 Å². The maximum atomic E-state index is 13.1. The lowest BCUT2D eigenvalue weighted by molar-refractivity contribution is -0.149. The minimum absolute atomic E-state index is 0.000624. The van der Waals surface area contributed by atoms with E-state index in [0.29, 0.717) is 19.0 Å². The van der Waals surface area contributed by atoms with E-state index in [4.69, 9.17) is 0 Å². The van der Waals surface area contributed by atoms with Gasteiger partial charge in [-0.1, -0.05) is 23.8 Å². The van der Waals surface area contributed by atoms with Crippen LogP contribution in [-0.2, 0) is 32.0 Å². The molecule has 0 heterocycles. The fourth-order valence-corrected chi connectivity index (χ4v) is 12.7. The van der Waals surface area contributed by atoms with Crippen LogP contribution in [0.4, 0.5) is 0 Å². The summed E-state index contributed by atoms with van der Waals surface area (Å²) in [6.45, 7) is 4.15. The number of carbonyl (C=O) groups excluding carboxylic acids is 4. The zero-order chi connectivity index (χ0) is 36.4. The lowest BCUT2D eigenvalue weighted by Crippen LogP contribution is -2.60. The Kier molecular flexibility index (Phi) is 11.7. The summed E-state index contributed by atoms with van der Waals surface area (Å²) in [7, 11) is 3.84. The standard InChI is InChI=1S/C44H66N4O4/c1-29-12-30(8-4-6-10-45-40(49)23-42(51)47(2)28-39-37-19-32-15-33(21-37)22-38(39)20-32)14-31(13-29)9-5-7-11-46-41(50)24-43(52)48(3)44-25-34-16-35(26-44)18-36(17-34)27-44/h12-14,32-39H,4-11,15-28H2,1-3H3,(H,45,49)(H,46,50). The SMILES string of the molecule is Cc1cc(CCCCNC(=O)CC(=O)N(C)CC2C3CC4CC(C3)CC2C4)cc(CCCCNC(=O)CC(=O)N(C)C23CC4CC(CC(C4)C2)C3)c1. The van der Waals surface area contributed by atoms with Gasteiger partial charge < -0.3 is 20.4 Å². The maximum absolute atomic E-state index is 13.1. The van der Waals surface area contributed by atoms with Crippen molar-refractivity contribution >= 4 is 23.6 Å². The van der Waals surface area contributed by atoms with E-state index in [1.54, 1.807) is 0 Å². The van der Waals surface area contributed by atoms with Crippen molar-refractivity contribution in [1.82, 2.24) is 20.4 Å². The molecule has 4 amide bonds. The average Bonchev–Trinajstić information content (AvgIpc) is 3.08. The van der Waals surface area contributed by atoms with Gasteiger partial charge in [0.2, 0.25) is 23.6 Å². The molecule has 8 aliphatic rings. The molecule has 52 heavy (non-hydrogen) atoms. The molecule has 0 spiro atoms. The van der Waals surface area contributed by atoms with Gasteiger partial charge in [0.15, 0.2) is 0 Å². The second kappa shape index (κ2) is 16.2. The van der Waals surface area contributed by atoms with E-state index in [0.717, 1.165) is 106 Å². The maximum Gasteiger partial charge on any atom is 0.232 e. The molecular formula is C44H66N4O4. The summed E-state index contributed by atoms with van der Waals surface area (Å²) < 4.78 is 0. The number of nitrogens with one attached hydrogen (secondary N) is 2. The van der Waals surface area contributed by atoms with Crippen LogP contribution >= 0.6 is 0 Å². The minimum atomic E-state index is -0.160. The Morgan fingerprint density at radius 1 is 0.635 bits per heavy atom. The number of rotatable bonds is 17. The Morgan fingerprint density at radius 3 is 1.60 bits per heavy atom. The van der Waals surface area contributed by atoms with E-state index in [1.165, 1.54) is 68.1 Å². The first kappa shape index (κ1) is 37.4. The van der Waals surface area contributed by atoms with Crippen molar-refractivity contribution in [3.63, 3.8) is 0 Å². The van der Waals surface area contributed by atoms with Crippen molar-refractivity contribution < 1.29 is 19.2 Å². The number of nitrogens with zero attached hydrogens (tertiary/aromatic N) is 2. The van der Waals surface area contributed by atoms with Crippen LogP contribution in [0.1, 0.15) is 126 Å². The Bertz CT molecular complexity index is 1410. The van der Waals surface area contributed by atoms with Gasteiger partial charge in [0, 0.05) is 39.3 Å². The van der Waals surface area contributed by atoms with Crippen LogP contribution in [0.15, 0.2) is 18.2 Å². The first-order valence-corrected chi connectivity index (χ1v) is 21.2. The van der Waals surface area contributed by atoms with Gasteiger partial charge >= 0.3 is 0 Å². The first-order chi connectivity index (χ1) is 25.0. The second-order valence-corrected chi connectivity index (χ2v) is 18.8. The highest BCUT2D eigenvalue weighted by Crippen LogP contribution is 2.58. The highest BCUT2D eigenvalue weighted by Gasteiger charge is 2.54. The van der Waals surface area contributed by atoms with Crippen LogP contribution in [0.25, 0.3) is 0 Å². The zero-order valence-corrected chi connectivity index (χ0v) is 32.4. The van der Waals surface area contributed by atoms with E-state index in [9.17, 15) is 19.2 Å². The van der Waals surface area contributed by atoms with Gasteiger partial charge in [-0.15, -0.1) is 0 Å². The molecule has 8 saturated carbocycles. The van der Waals surface area contributed by atoms with Crippen LogP contribution in [-0.4, -0.2) is 72.7 Å². The van der Waals surface area contributed by atoms with E-state index in [2.05, 4.69) is 35.8 Å². The van der Waals surface area contributed by atoms with Gasteiger partial charge in [-0.3, -0.25) is 19.2 Å². The van der Waals surface area contributed by atoms with Gasteiger partial charge in [-0.2, -0.15) is 0 Å². The molecule has 8 heteroatoms. The predicted molar refractivity (Wildman–Crippen MR) is 204 cm³/mol. The van der Waals surface area contributed by atoms with Gasteiger partial charge in [0.1, 0.15) is 12.8 Å². The number of amides is 4.